The van der Waals surface area contributed by atoms with Gasteiger partial charge in [0.25, 0.3) is 0 Å². The monoisotopic (exact) mass is 276 g/mol. The van der Waals surface area contributed by atoms with Gasteiger partial charge in [0, 0.05) is 19.7 Å². The Hall–Kier alpha value is -1.84. The van der Waals surface area contributed by atoms with E-state index in [4.69, 9.17) is 9.84 Å². The maximum atomic E-state index is 9.24. The molecule has 1 fully saturated rings. The van der Waals surface area contributed by atoms with Gasteiger partial charge in [0.2, 0.25) is 0 Å². The van der Waals surface area contributed by atoms with Gasteiger partial charge in [-0.25, -0.2) is 4.98 Å². The van der Waals surface area contributed by atoms with Crippen LogP contribution in [-0.2, 0) is 4.74 Å². The number of rotatable bonds is 6. The van der Waals surface area contributed by atoms with Crippen LogP contribution in [0.15, 0.2) is 6.07 Å². The van der Waals surface area contributed by atoms with Gasteiger partial charge in [-0.3, -0.25) is 0 Å². The van der Waals surface area contributed by atoms with Crippen molar-refractivity contribution in [2.24, 2.45) is 0 Å². The number of pyridine rings is 1. The number of nitrogens with zero attached hydrogens (tertiary/aromatic N) is 2. The number of hydrogen-bond donors (Lipinski definition) is 3. The molecule has 1 saturated heterocycles. The summed E-state index contributed by atoms with van der Waals surface area (Å²) in [6.45, 7) is 3.82. The van der Waals surface area contributed by atoms with E-state index in [2.05, 4.69) is 21.7 Å². The van der Waals surface area contributed by atoms with Gasteiger partial charge < -0.3 is 20.5 Å². The lowest BCUT2D eigenvalue weighted by Gasteiger charge is -2.15. The fourth-order valence-electron chi connectivity index (χ4n) is 2.23. The molecule has 2 heterocycles. The van der Waals surface area contributed by atoms with Gasteiger partial charge in [-0.2, -0.15) is 5.26 Å². The molecule has 0 bridgehead atoms. The second-order valence-corrected chi connectivity index (χ2v) is 4.83. The molecule has 1 aromatic rings. The molecule has 0 spiro atoms. The highest BCUT2D eigenvalue weighted by Gasteiger charge is 2.17. The lowest BCUT2D eigenvalue weighted by molar-refractivity contribution is 0.120. The third-order valence-electron chi connectivity index (χ3n) is 3.27. The fourth-order valence-corrected chi connectivity index (χ4v) is 2.23. The summed E-state index contributed by atoms with van der Waals surface area (Å²) in [6, 6.07) is 3.99. The van der Waals surface area contributed by atoms with Crippen LogP contribution in [0.5, 0.6) is 0 Å². The van der Waals surface area contributed by atoms with Gasteiger partial charge >= 0.3 is 0 Å². The SMILES string of the molecule is Cc1cc(NCCO)nc(NCC2CCCO2)c1C#N. The first-order valence-electron chi connectivity index (χ1n) is 6.86. The summed E-state index contributed by atoms with van der Waals surface area (Å²) in [6.07, 6.45) is 2.32. The van der Waals surface area contributed by atoms with Crippen LogP contribution >= 0.6 is 0 Å². The van der Waals surface area contributed by atoms with Crippen LogP contribution in [0.1, 0.15) is 24.0 Å². The highest BCUT2D eigenvalue weighted by Crippen LogP contribution is 2.21. The number of aromatic nitrogens is 1. The highest BCUT2D eigenvalue weighted by molar-refractivity contribution is 5.60. The quantitative estimate of drug-likeness (QED) is 0.724. The van der Waals surface area contributed by atoms with E-state index in [0.717, 1.165) is 25.0 Å². The number of hydrogen-bond acceptors (Lipinski definition) is 6. The van der Waals surface area contributed by atoms with Crippen molar-refractivity contribution in [1.29, 1.82) is 5.26 Å². The molecule has 0 saturated carbocycles. The molecule has 6 heteroatoms. The minimum absolute atomic E-state index is 0.0411. The number of ether oxygens (including phenoxy) is 1. The van der Waals surface area contributed by atoms with Gasteiger partial charge in [0.15, 0.2) is 0 Å². The lowest BCUT2D eigenvalue weighted by Crippen LogP contribution is -2.20. The summed E-state index contributed by atoms with van der Waals surface area (Å²) < 4.78 is 5.55. The highest BCUT2D eigenvalue weighted by atomic mass is 16.5. The van der Waals surface area contributed by atoms with Crippen LogP contribution in [-0.4, -0.2) is 42.5 Å². The van der Waals surface area contributed by atoms with Gasteiger partial charge in [-0.15, -0.1) is 0 Å². The van der Waals surface area contributed by atoms with Gasteiger partial charge in [0.1, 0.15) is 17.7 Å². The van der Waals surface area contributed by atoms with Crippen LogP contribution in [0.25, 0.3) is 0 Å². The van der Waals surface area contributed by atoms with Crippen molar-refractivity contribution in [3.05, 3.63) is 17.2 Å². The van der Waals surface area contributed by atoms with Crippen LogP contribution in [0.3, 0.4) is 0 Å². The van der Waals surface area contributed by atoms with E-state index in [-0.39, 0.29) is 12.7 Å². The zero-order valence-corrected chi connectivity index (χ0v) is 11.6. The molecule has 1 atom stereocenters. The number of nitrogens with one attached hydrogen (secondary N) is 2. The maximum Gasteiger partial charge on any atom is 0.146 e. The van der Waals surface area contributed by atoms with Crippen molar-refractivity contribution >= 4 is 11.6 Å². The van der Waals surface area contributed by atoms with Crippen molar-refractivity contribution < 1.29 is 9.84 Å². The Kier molecular flexibility index (Phi) is 5.16. The molecule has 0 radical (unpaired) electrons. The number of aryl methyl sites for hydroxylation is 1. The summed E-state index contributed by atoms with van der Waals surface area (Å²) in [5.74, 6) is 1.23. The van der Waals surface area contributed by atoms with E-state index in [1.54, 1.807) is 0 Å². The molecule has 0 aromatic carbocycles. The topological polar surface area (TPSA) is 90.2 Å². The Labute approximate surface area is 118 Å². The summed E-state index contributed by atoms with van der Waals surface area (Å²) in [7, 11) is 0. The molecular formula is C14H20N4O2. The Bertz CT molecular complexity index is 493. The molecule has 108 valence electrons. The summed E-state index contributed by atoms with van der Waals surface area (Å²) in [4.78, 5) is 4.39. The average Bonchev–Trinajstić information content (AvgIpc) is 2.95. The first-order valence-corrected chi connectivity index (χ1v) is 6.86. The van der Waals surface area contributed by atoms with Gasteiger partial charge in [0.05, 0.1) is 18.3 Å². The number of aliphatic hydroxyl groups is 1. The Morgan fingerprint density at radius 2 is 2.40 bits per heavy atom. The standard InChI is InChI=1S/C14H20N4O2/c1-10-7-13(16-4-5-19)18-14(12(10)8-15)17-9-11-3-2-6-20-11/h7,11,19H,2-6,9H2,1H3,(H2,16,17,18). The van der Waals surface area contributed by atoms with Crippen molar-refractivity contribution in [1.82, 2.24) is 4.98 Å². The van der Waals surface area contributed by atoms with Crippen LogP contribution in [0, 0.1) is 18.3 Å². The Balaban J connectivity index is 2.10. The maximum absolute atomic E-state index is 9.24. The normalized spacial score (nSPS) is 17.8. The summed E-state index contributed by atoms with van der Waals surface area (Å²) >= 11 is 0. The lowest BCUT2D eigenvalue weighted by atomic mass is 10.1. The van der Waals surface area contributed by atoms with Crippen LogP contribution in [0.4, 0.5) is 11.6 Å². The van der Waals surface area contributed by atoms with Gasteiger partial charge in [-0.05, 0) is 31.4 Å². The largest absolute Gasteiger partial charge is 0.395 e. The molecule has 6 nitrogen and oxygen atoms in total. The van der Waals surface area contributed by atoms with Crippen molar-refractivity contribution in [2.45, 2.75) is 25.9 Å². The van der Waals surface area contributed by atoms with Crippen LogP contribution < -0.4 is 10.6 Å². The summed E-state index contributed by atoms with van der Waals surface area (Å²) in [5.41, 5.74) is 1.41. The smallest absolute Gasteiger partial charge is 0.146 e. The van der Waals surface area contributed by atoms with E-state index in [1.165, 1.54) is 0 Å². The van der Waals surface area contributed by atoms with Crippen molar-refractivity contribution in [2.75, 3.05) is 36.9 Å². The zero-order valence-electron chi connectivity index (χ0n) is 11.6. The molecule has 20 heavy (non-hydrogen) atoms. The van der Waals surface area contributed by atoms with Crippen molar-refractivity contribution in [3.8, 4) is 6.07 Å². The third-order valence-corrected chi connectivity index (χ3v) is 3.27. The molecular weight excluding hydrogens is 256 g/mol. The summed E-state index contributed by atoms with van der Waals surface area (Å²) in [5, 5.41) is 24.3. The van der Waals surface area contributed by atoms with E-state index in [9.17, 15) is 5.26 Å². The van der Waals surface area contributed by atoms with E-state index in [0.29, 0.717) is 30.3 Å². The molecule has 0 amide bonds. The molecule has 1 aromatic heterocycles. The number of nitriles is 1. The van der Waals surface area contributed by atoms with Crippen LogP contribution in [0.2, 0.25) is 0 Å². The van der Waals surface area contributed by atoms with E-state index in [1.807, 2.05) is 13.0 Å². The minimum Gasteiger partial charge on any atom is -0.395 e. The van der Waals surface area contributed by atoms with Crippen molar-refractivity contribution in [3.63, 3.8) is 0 Å². The molecule has 0 aliphatic carbocycles. The number of anilines is 2. The molecule has 1 aliphatic rings. The second kappa shape index (κ2) is 7.08. The third kappa shape index (κ3) is 3.59. The second-order valence-electron chi connectivity index (χ2n) is 4.83. The fraction of sp³-hybridized carbons (Fsp3) is 0.571. The molecule has 1 aliphatic heterocycles. The molecule has 3 N–H and O–H groups in total. The number of aliphatic hydroxyl groups excluding tert-OH is 1. The zero-order chi connectivity index (χ0) is 14.4. The first kappa shape index (κ1) is 14.6. The average molecular weight is 276 g/mol. The molecule has 2 rings (SSSR count). The van der Waals surface area contributed by atoms with Gasteiger partial charge in [-0.1, -0.05) is 0 Å². The molecule has 1 unspecified atom stereocenters. The predicted octanol–water partition coefficient (Wildman–Crippen LogP) is 1.26. The van der Waals surface area contributed by atoms with E-state index < -0.39 is 0 Å². The van der Waals surface area contributed by atoms with E-state index >= 15 is 0 Å². The first-order chi connectivity index (χ1) is 9.74. The minimum atomic E-state index is 0.0411. The Morgan fingerprint density at radius 1 is 1.55 bits per heavy atom. The predicted molar refractivity (Wildman–Crippen MR) is 76.7 cm³/mol. The Morgan fingerprint density at radius 3 is 3.05 bits per heavy atom.